The van der Waals surface area contributed by atoms with Gasteiger partial charge in [0, 0.05) is 12.1 Å². The first-order chi connectivity index (χ1) is 11.5. The lowest BCUT2D eigenvalue weighted by Gasteiger charge is -2.12. The third kappa shape index (κ3) is 2.41. The topological polar surface area (TPSA) is 89.1 Å². The van der Waals surface area contributed by atoms with Crippen molar-refractivity contribution in [3.8, 4) is 34.3 Å². The Morgan fingerprint density at radius 3 is 2.54 bits per heavy atom. The summed E-state index contributed by atoms with van der Waals surface area (Å²) in [5.74, 6) is -0.0617. The van der Waals surface area contributed by atoms with Crippen LogP contribution in [-0.4, -0.2) is 24.4 Å². The molecule has 0 saturated carbocycles. The molecule has 0 atom stereocenters. The second-order valence-corrected chi connectivity index (χ2v) is 5.35. The van der Waals surface area contributed by atoms with Crippen molar-refractivity contribution in [3.63, 3.8) is 0 Å². The van der Waals surface area contributed by atoms with Gasteiger partial charge in [-0.25, -0.2) is 0 Å². The van der Waals surface area contributed by atoms with Crippen LogP contribution in [0.15, 0.2) is 39.5 Å². The molecule has 1 aromatic heterocycles. The lowest BCUT2D eigenvalue weighted by molar-refractivity contribution is 0.350. The maximum atomic E-state index is 12.4. The Bertz CT molecular complexity index is 993. The number of fused-ring (bicyclic) bond motifs is 1. The largest absolute Gasteiger partial charge is 0.507 e. The molecule has 0 unspecified atom stereocenters. The molecule has 1 heterocycles. The zero-order valence-corrected chi connectivity index (χ0v) is 13.5. The van der Waals surface area contributed by atoms with Gasteiger partial charge in [0.2, 0.25) is 5.75 Å². The summed E-state index contributed by atoms with van der Waals surface area (Å²) < 4.78 is 16.1. The fourth-order valence-corrected chi connectivity index (χ4v) is 2.64. The van der Waals surface area contributed by atoms with Gasteiger partial charge >= 0.3 is 0 Å². The van der Waals surface area contributed by atoms with E-state index in [-0.39, 0.29) is 50.3 Å². The van der Waals surface area contributed by atoms with Crippen LogP contribution in [0.2, 0.25) is 5.02 Å². The number of phenolic OH excluding ortho intramolecular Hbond substituents is 2. The van der Waals surface area contributed by atoms with Crippen molar-refractivity contribution in [1.82, 2.24) is 0 Å². The molecule has 3 aromatic rings. The summed E-state index contributed by atoms with van der Waals surface area (Å²) in [7, 11) is 2.78. The summed E-state index contributed by atoms with van der Waals surface area (Å²) >= 11 is 5.90. The Morgan fingerprint density at radius 2 is 1.88 bits per heavy atom. The molecule has 0 amide bonds. The molecule has 0 fully saturated rings. The minimum Gasteiger partial charge on any atom is -0.507 e. The number of aromatic hydroxyl groups is 2. The van der Waals surface area contributed by atoms with Gasteiger partial charge in [-0.15, -0.1) is 0 Å². The van der Waals surface area contributed by atoms with Crippen molar-refractivity contribution in [2.45, 2.75) is 0 Å². The highest BCUT2D eigenvalue weighted by atomic mass is 35.5. The molecule has 0 radical (unpaired) electrons. The van der Waals surface area contributed by atoms with Crippen LogP contribution in [0.3, 0.4) is 0 Å². The number of phenols is 2. The minimum absolute atomic E-state index is 0.0104. The average Bonchev–Trinajstić information content (AvgIpc) is 2.56. The van der Waals surface area contributed by atoms with Crippen LogP contribution < -0.4 is 14.9 Å². The SMILES string of the molecule is COc1cc(O)c2c(=O)cc(-c3cccc(Cl)c3O)oc2c1OC. The number of benzene rings is 2. The fourth-order valence-electron chi connectivity index (χ4n) is 2.46. The second kappa shape index (κ2) is 5.98. The van der Waals surface area contributed by atoms with E-state index in [4.69, 9.17) is 25.5 Å². The number of methoxy groups -OCH3 is 2. The van der Waals surface area contributed by atoms with Crippen molar-refractivity contribution in [3.05, 3.63) is 45.6 Å². The van der Waals surface area contributed by atoms with Crippen LogP contribution in [0.4, 0.5) is 0 Å². The summed E-state index contributed by atoms with van der Waals surface area (Å²) in [5, 5.41) is 20.3. The van der Waals surface area contributed by atoms with Gasteiger partial charge in [-0.2, -0.15) is 0 Å². The molecule has 2 aromatic carbocycles. The van der Waals surface area contributed by atoms with Crippen LogP contribution in [0.25, 0.3) is 22.3 Å². The number of rotatable bonds is 3. The van der Waals surface area contributed by atoms with Gasteiger partial charge in [-0.05, 0) is 12.1 Å². The molecule has 0 aliphatic carbocycles. The number of para-hydroxylation sites is 1. The third-order valence-corrected chi connectivity index (χ3v) is 3.88. The normalized spacial score (nSPS) is 10.8. The van der Waals surface area contributed by atoms with Crippen LogP contribution in [-0.2, 0) is 0 Å². The quantitative estimate of drug-likeness (QED) is 0.752. The van der Waals surface area contributed by atoms with Gasteiger partial charge in [-0.3, -0.25) is 4.79 Å². The molecule has 124 valence electrons. The Labute approximate surface area is 141 Å². The number of halogens is 1. The molecule has 7 heteroatoms. The van der Waals surface area contributed by atoms with E-state index < -0.39 is 5.43 Å². The van der Waals surface area contributed by atoms with Gasteiger partial charge in [0.05, 0.1) is 24.8 Å². The monoisotopic (exact) mass is 348 g/mol. The zero-order valence-electron chi connectivity index (χ0n) is 12.8. The van der Waals surface area contributed by atoms with Crippen LogP contribution in [0.5, 0.6) is 23.0 Å². The lowest BCUT2D eigenvalue weighted by Crippen LogP contribution is -2.03. The average molecular weight is 349 g/mol. The summed E-state index contributed by atoms with van der Waals surface area (Å²) in [5.41, 5.74) is -0.244. The first-order valence-corrected chi connectivity index (χ1v) is 7.25. The Hall–Kier alpha value is -2.86. The molecule has 0 saturated heterocycles. The smallest absolute Gasteiger partial charge is 0.205 e. The molecule has 24 heavy (non-hydrogen) atoms. The third-order valence-electron chi connectivity index (χ3n) is 3.58. The summed E-state index contributed by atoms with van der Waals surface area (Å²) in [6.45, 7) is 0. The molecule has 2 N–H and O–H groups in total. The van der Waals surface area contributed by atoms with Crippen molar-refractivity contribution < 1.29 is 24.1 Å². The van der Waals surface area contributed by atoms with Crippen molar-refractivity contribution in [1.29, 1.82) is 0 Å². The van der Waals surface area contributed by atoms with E-state index in [0.29, 0.717) is 0 Å². The van der Waals surface area contributed by atoms with E-state index in [1.807, 2.05) is 0 Å². The molecule has 3 rings (SSSR count). The van der Waals surface area contributed by atoms with E-state index in [9.17, 15) is 15.0 Å². The Balaban J connectivity index is 2.41. The van der Waals surface area contributed by atoms with E-state index in [1.165, 1.54) is 32.4 Å². The highest BCUT2D eigenvalue weighted by Gasteiger charge is 2.20. The van der Waals surface area contributed by atoms with Crippen molar-refractivity contribution in [2.24, 2.45) is 0 Å². The predicted molar refractivity (Wildman–Crippen MR) is 89.4 cm³/mol. The molecule has 0 aliphatic rings. The van der Waals surface area contributed by atoms with Gasteiger partial charge in [0.1, 0.15) is 22.6 Å². The predicted octanol–water partition coefficient (Wildman–Crippen LogP) is 3.54. The van der Waals surface area contributed by atoms with Crippen LogP contribution >= 0.6 is 11.6 Å². The van der Waals surface area contributed by atoms with Crippen molar-refractivity contribution >= 4 is 22.6 Å². The highest BCUT2D eigenvalue weighted by molar-refractivity contribution is 6.32. The molecule has 0 aliphatic heterocycles. The molecular weight excluding hydrogens is 336 g/mol. The maximum Gasteiger partial charge on any atom is 0.205 e. The van der Waals surface area contributed by atoms with Gasteiger partial charge in [0.15, 0.2) is 16.8 Å². The molecule has 0 spiro atoms. The minimum atomic E-state index is -0.496. The van der Waals surface area contributed by atoms with E-state index in [2.05, 4.69) is 0 Å². The number of hydrogen-bond acceptors (Lipinski definition) is 6. The van der Waals surface area contributed by atoms with Crippen LogP contribution in [0.1, 0.15) is 0 Å². The molecular formula is C17H13ClO6. The Morgan fingerprint density at radius 1 is 1.12 bits per heavy atom. The maximum absolute atomic E-state index is 12.4. The number of hydrogen-bond donors (Lipinski definition) is 2. The van der Waals surface area contributed by atoms with Crippen LogP contribution in [0, 0.1) is 0 Å². The highest BCUT2D eigenvalue weighted by Crippen LogP contribution is 2.42. The van der Waals surface area contributed by atoms with Gasteiger partial charge < -0.3 is 24.1 Å². The van der Waals surface area contributed by atoms with E-state index in [1.54, 1.807) is 12.1 Å². The van der Waals surface area contributed by atoms with Crippen molar-refractivity contribution in [2.75, 3.05) is 14.2 Å². The fraction of sp³-hybridized carbons (Fsp3) is 0.118. The Kier molecular flexibility index (Phi) is 3.99. The second-order valence-electron chi connectivity index (χ2n) is 4.95. The van der Waals surface area contributed by atoms with E-state index in [0.717, 1.165) is 0 Å². The zero-order chi connectivity index (χ0) is 17.4. The molecule has 0 bridgehead atoms. The first-order valence-electron chi connectivity index (χ1n) is 6.87. The molecule has 6 nitrogen and oxygen atoms in total. The standard InChI is InChI=1S/C17H13ClO6/c1-22-13-7-11(20)14-10(19)6-12(24-17(14)16(13)23-2)8-4-3-5-9(18)15(8)21/h3-7,20-21H,1-2H3. The first kappa shape index (κ1) is 16.0. The van der Waals surface area contributed by atoms with Gasteiger partial charge in [-0.1, -0.05) is 17.7 Å². The van der Waals surface area contributed by atoms with E-state index >= 15 is 0 Å². The lowest BCUT2D eigenvalue weighted by atomic mass is 10.1. The number of ether oxygens (including phenoxy) is 2. The summed E-state index contributed by atoms with van der Waals surface area (Å²) in [6, 6.07) is 7.11. The summed E-state index contributed by atoms with van der Waals surface area (Å²) in [4.78, 5) is 12.4. The summed E-state index contributed by atoms with van der Waals surface area (Å²) in [6.07, 6.45) is 0. The van der Waals surface area contributed by atoms with Gasteiger partial charge in [0.25, 0.3) is 0 Å².